The molecule has 0 bridgehead atoms. The van der Waals surface area contributed by atoms with E-state index in [9.17, 15) is 14.4 Å². The van der Waals surface area contributed by atoms with Crippen molar-refractivity contribution < 1.29 is 9.59 Å². The highest BCUT2D eigenvalue weighted by Gasteiger charge is 2.37. The van der Waals surface area contributed by atoms with Gasteiger partial charge in [-0.25, -0.2) is 0 Å². The van der Waals surface area contributed by atoms with Gasteiger partial charge in [0.15, 0.2) is 0 Å². The maximum absolute atomic E-state index is 12.6. The first-order valence-electron chi connectivity index (χ1n) is 8.73. The maximum Gasteiger partial charge on any atom is 0.261 e. The van der Waals surface area contributed by atoms with Gasteiger partial charge in [0, 0.05) is 5.38 Å². The first kappa shape index (κ1) is 17.5. The van der Waals surface area contributed by atoms with Gasteiger partial charge in [-0.3, -0.25) is 14.4 Å². The number of nitrogens with two attached hydrogens (primary N) is 1. The van der Waals surface area contributed by atoms with Gasteiger partial charge in [-0.1, -0.05) is 25.5 Å². The molecule has 0 aliphatic heterocycles. The number of carbonyl (C=O) groups is 2. The van der Waals surface area contributed by atoms with Gasteiger partial charge in [-0.05, 0) is 46.7 Å². The molecule has 27 heavy (non-hydrogen) atoms. The van der Waals surface area contributed by atoms with Gasteiger partial charge >= 0.3 is 0 Å². The summed E-state index contributed by atoms with van der Waals surface area (Å²) in [5, 5.41) is 6.91. The van der Waals surface area contributed by atoms with Crippen LogP contribution < -0.4 is 16.6 Å². The molecule has 4 rings (SSSR count). The van der Waals surface area contributed by atoms with Gasteiger partial charge in [0.2, 0.25) is 0 Å². The lowest BCUT2D eigenvalue weighted by molar-refractivity contribution is 0.0995. The number of thiophene rings is 1. The van der Waals surface area contributed by atoms with Crippen molar-refractivity contribution in [3.63, 3.8) is 0 Å². The Kier molecular flexibility index (Phi) is 4.11. The molecule has 2 heterocycles. The van der Waals surface area contributed by atoms with Crippen LogP contribution in [0.3, 0.4) is 0 Å². The molecule has 3 aromatic rings. The highest BCUT2D eigenvalue weighted by molar-refractivity contribution is 7.08. The van der Waals surface area contributed by atoms with Gasteiger partial charge in [-0.2, -0.15) is 11.3 Å². The van der Waals surface area contributed by atoms with E-state index in [0.717, 1.165) is 24.8 Å². The summed E-state index contributed by atoms with van der Waals surface area (Å²) in [5.74, 6) is -1.07. The largest absolute Gasteiger partial charge is 0.366 e. The van der Waals surface area contributed by atoms with Gasteiger partial charge in [0.25, 0.3) is 17.4 Å². The minimum absolute atomic E-state index is 0.00766. The van der Waals surface area contributed by atoms with Crippen LogP contribution in [0.1, 0.15) is 52.5 Å². The second-order valence-corrected chi connectivity index (χ2v) is 7.99. The fraction of sp³-hybridized carbons (Fsp3) is 0.250. The molecule has 0 radical (unpaired) electrons. The van der Waals surface area contributed by atoms with E-state index >= 15 is 0 Å². The molecule has 0 unspecified atom stereocenters. The van der Waals surface area contributed by atoms with Crippen molar-refractivity contribution in [3.05, 3.63) is 62.1 Å². The quantitative estimate of drug-likeness (QED) is 0.645. The summed E-state index contributed by atoms with van der Waals surface area (Å²) < 4.78 is 0. The first-order valence-corrected chi connectivity index (χ1v) is 9.67. The van der Waals surface area contributed by atoms with Crippen LogP contribution in [0, 0.1) is 0 Å². The van der Waals surface area contributed by atoms with Crippen molar-refractivity contribution in [1.82, 2.24) is 4.98 Å². The number of H-pyrrole nitrogens is 1. The third-order valence-corrected chi connectivity index (χ3v) is 6.08. The Labute approximate surface area is 159 Å². The maximum atomic E-state index is 12.6. The highest BCUT2D eigenvalue weighted by Crippen LogP contribution is 2.45. The van der Waals surface area contributed by atoms with E-state index in [0.29, 0.717) is 22.2 Å². The minimum atomic E-state index is -0.574. The summed E-state index contributed by atoms with van der Waals surface area (Å²) in [6.07, 6.45) is 3.05. The number of hydrogen-bond acceptors (Lipinski definition) is 4. The molecule has 1 aliphatic rings. The van der Waals surface area contributed by atoms with Crippen LogP contribution in [0.5, 0.6) is 0 Å². The van der Waals surface area contributed by atoms with E-state index in [2.05, 4.69) is 17.2 Å². The number of aromatic nitrogens is 1. The average Bonchev–Trinajstić information content (AvgIpc) is 3.10. The van der Waals surface area contributed by atoms with Crippen LogP contribution in [-0.4, -0.2) is 16.8 Å². The van der Waals surface area contributed by atoms with Crippen LogP contribution >= 0.6 is 11.3 Å². The SMILES string of the molecule is CC1(c2ccc3cc(C(=O)Nc4ccsc4)c(=O)[nH]c3c2C(N)=O)CCC1. The fourth-order valence-corrected chi connectivity index (χ4v) is 4.30. The van der Waals surface area contributed by atoms with E-state index in [-0.39, 0.29) is 11.0 Å². The number of rotatable bonds is 4. The Morgan fingerprint density at radius 1 is 1.26 bits per heavy atom. The average molecular weight is 381 g/mol. The monoisotopic (exact) mass is 381 g/mol. The third-order valence-electron chi connectivity index (χ3n) is 5.40. The van der Waals surface area contributed by atoms with Crippen molar-refractivity contribution in [2.75, 3.05) is 5.32 Å². The molecule has 1 fully saturated rings. The number of carbonyl (C=O) groups excluding carboxylic acids is 2. The van der Waals surface area contributed by atoms with Crippen molar-refractivity contribution in [1.29, 1.82) is 0 Å². The standard InChI is InChI=1S/C20H19N3O3S/c1-20(6-2-7-20)14-4-3-11-9-13(18(25)22-12-5-8-27-10-12)19(26)23-16(11)15(14)17(21)24/h3-5,8-10H,2,6-7H2,1H3,(H2,21,24)(H,22,25)(H,23,26). The van der Waals surface area contributed by atoms with E-state index in [1.54, 1.807) is 11.4 Å². The van der Waals surface area contributed by atoms with Gasteiger partial charge < -0.3 is 16.0 Å². The second kappa shape index (κ2) is 6.35. The lowest BCUT2D eigenvalue weighted by Crippen LogP contribution is -2.34. The molecular weight excluding hydrogens is 362 g/mol. The lowest BCUT2D eigenvalue weighted by Gasteiger charge is -2.40. The number of fused-ring (bicyclic) bond motifs is 1. The van der Waals surface area contributed by atoms with Crippen molar-refractivity contribution >= 4 is 39.7 Å². The van der Waals surface area contributed by atoms with Crippen molar-refractivity contribution in [2.24, 2.45) is 5.73 Å². The number of amides is 2. The van der Waals surface area contributed by atoms with Crippen LogP contribution in [-0.2, 0) is 5.41 Å². The summed E-state index contributed by atoms with van der Waals surface area (Å²) >= 11 is 1.45. The number of nitrogens with one attached hydrogen (secondary N) is 2. The Morgan fingerprint density at radius 2 is 2.04 bits per heavy atom. The van der Waals surface area contributed by atoms with Crippen LogP contribution in [0.15, 0.2) is 39.8 Å². The molecule has 0 spiro atoms. The molecule has 1 aromatic carbocycles. The third kappa shape index (κ3) is 2.94. The van der Waals surface area contributed by atoms with Gasteiger partial charge in [0.05, 0.1) is 16.8 Å². The molecule has 2 amide bonds. The molecule has 0 saturated heterocycles. The summed E-state index contributed by atoms with van der Waals surface area (Å²) in [7, 11) is 0. The first-order chi connectivity index (χ1) is 12.9. The molecule has 1 saturated carbocycles. The van der Waals surface area contributed by atoms with Gasteiger partial charge in [0.1, 0.15) is 5.56 Å². The minimum Gasteiger partial charge on any atom is -0.366 e. The normalized spacial score (nSPS) is 15.3. The highest BCUT2D eigenvalue weighted by atomic mass is 32.1. The van der Waals surface area contributed by atoms with E-state index in [1.165, 1.54) is 17.4 Å². The molecule has 138 valence electrons. The van der Waals surface area contributed by atoms with E-state index < -0.39 is 17.4 Å². The number of benzene rings is 1. The number of primary amides is 1. The van der Waals surface area contributed by atoms with Crippen molar-refractivity contribution in [2.45, 2.75) is 31.6 Å². The number of hydrogen-bond donors (Lipinski definition) is 3. The number of pyridine rings is 1. The Morgan fingerprint density at radius 3 is 2.63 bits per heavy atom. The Hall–Kier alpha value is -2.93. The topological polar surface area (TPSA) is 105 Å². The predicted molar refractivity (Wildman–Crippen MR) is 107 cm³/mol. The Balaban J connectivity index is 1.84. The molecule has 1 aliphatic carbocycles. The van der Waals surface area contributed by atoms with E-state index in [1.807, 2.05) is 17.5 Å². The summed E-state index contributed by atoms with van der Waals surface area (Å²) in [6, 6.07) is 6.99. The molecule has 6 nitrogen and oxygen atoms in total. The van der Waals surface area contributed by atoms with Gasteiger partial charge in [-0.15, -0.1) is 0 Å². The molecular formula is C20H19N3O3S. The molecule has 0 atom stereocenters. The Bertz CT molecular complexity index is 1110. The lowest BCUT2D eigenvalue weighted by atomic mass is 9.64. The molecule has 4 N–H and O–H groups in total. The molecule has 2 aromatic heterocycles. The van der Waals surface area contributed by atoms with Crippen LogP contribution in [0.2, 0.25) is 0 Å². The summed E-state index contributed by atoms with van der Waals surface area (Å²) in [4.78, 5) is 39.9. The van der Waals surface area contributed by atoms with E-state index in [4.69, 9.17) is 5.73 Å². The van der Waals surface area contributed by atoms with Crippen LogP contribution in [0.4, 0.5) is 5.69 Å². The van der Waals surface area contributed by atoms with Crippen LogP contribution in [0.25, 0.3) is 10.9 Å². The fourth-order valence-electron chi connectivity index (χ4n) is 3.71. The van der Waals surface area contributed by atoms with Crippen molar-refractivity contribution in [3.8, 4) is 0 Å². The second-order valence-electron chi connectivity index (χ2n) is 7.21. The summed E-state index contributed by atoms with van der Waals surface area (Å²) in [5.41, 5.74) is 7.23. The smallest absolute Gasteiger partial charge is 0.261 e. The zero-order valence-corrected chi connectivity index (χ0v) is 15.6. The zero-order chi connectivity index (χ0) is 19.2. The number of aromatic amines is 1. The summed E-state index contributed by atoms with van der Waals surface area (Å²) in [6.45, 7) is 2.10. The number of anilines is 1. The zero-order valence-electron chi connectivity index (χ0n) is 14.8. The predicted octanol–water partition coefficient (Wildman–Crippen LogP) is 3.38. The molecule has 7 heteroatoms.